The average Bonchev–Trinajstić information content (AvgIpc) is 2.45. The molecule has 0 amide bonds. The van der Waals surface area contributed by atoms with Crippen LogP contribution in [0.15, 0.2) is 51.8 Å². The molecule has 0 spiro atoms. The normalized spacial score (nSPS) is 12.0. The summed E-state index contributed by atoms with van der Waals surface area (Å²) in [5.41, 5.74) is -2.45. The number of nitrogens with one attached hydrogen (secondary N) is 1. The number of alkyl halides is 3. The zero-order valence-electron chi connectivity index (χ0n) is 11.6. The summed E-state index contributed by atoms with van der Waals surface area (Å²) < 4.78 is 65.4. The molecule has 0 aromatic heterocycles. The number of rotatable bonds is 4. The molecule has 5 nitrogen and oxygen atoms in total. The summed E-state index contributed by atoms with van der Waals surface area (Å²) in [5.74, 6) is -1.61. The standard InChI is InChI=1S/C14H9BrF3NO4S/c15-10-2-1-3-12(7-10)24(22,23)19-11-5-8(13(20)21)4-9(6-11)14(16,17)18/h1-7,19H,(H,20,21). The molecule has 0 unspecified atom stereocenters. The van der Waals surface area contributed by atoms with Crippen LogP contribution in [0.3, 0.4) is 0 Å². The Morgan fingerprint density at radius 3 is 2.33 bits per heavy atom. The molecule has 2 rings (SSSR count). The van der Waals surface area contributed by atoms with E-state index < -0.39 is 39.0 Å². The van der Waals surface area contributed by atoms with Crippen molar-refractivity contribution in [1.82, 2.24) is 0 Å². The molecular weight excluding hydrogens is 415 g/mol. The van der Waals surface area contributed by atoms with Crippen LogP contribution in [-0.2, 0) is 16.2 Å². The number of hydrogen-bond acceptors (Lipinski definition) is 3. The minimum absolute atomic E-state index is 0.189. The van der Waals surface area contributed by atoms with Gasteiger partial charge in [0.05, 0.1) is 21.7 Å². The molecule has 2 aromatic rings. The first-order valence-electron chi connectivity index (χ1n) is 6.23. The summed E-state index contributed by atoms with van der Waals surface area (Å²) in [6.45, 7) is 0. The smallest absolute Gasteiger partial charge is 0.416 e. The van der Waals surface area contributed by atoms with Gasteiger partial charge in [0.25, 0.3) is 10.0 Å². The maximum atomic E-state index is 12.8. The molecule has 0 heterocycles. The van der Waals surface area contributed by atoms with Crippen molar-refractivity contribution in [2.75, 3.05) is 4.72 Å². The number of carboxylic acids is 1. The summed E-state index contributed by atoms with van der Waals surface area (Å²) >= 11 is 3.09. The number of aromatic carboxylic acids is 1. The molecule has 0 saturated carbocycles. The van der Waals surface area contributed by atoms with E-state index in [9.17, 15) is 26.4 Å². The Hall–Kier alpha value is -2.07. The number of benzene rings is 2. The second-order valence-electron chi connectivity index (χ2n) is 4.66. The molecule has 0 bridgehead atoms. The van der Waals surface area contributed by atoms with Gasteiger partial charge in [-0.15, -0.1) is 0 Å². The van der Waals surface area contributed by atoms with E-state index in [2.05, 4.69) is 15.9 Å². The van der Waals surface area contributed by atoms with Crippen LogP contribution in [0.2, 0.25) is 0 Å². The zero-order chi connectivity index (χ0) is 18.1. The number of carboxylic acid groups (broad SMARTS) is 1. The molecule has 0 aliphatic carbocycles. The highest BCUT2D eigenvalue weighted by molar-refractivity contribution is 9.10. The van der Waals surface area contributed by atoms with Crippen LogP contribution in [-0.4, -0.2) is 19.5 Å². The lowest BCUT2D eigenvalue weighted by Crippen LogP contribution is -2.15. The van der Waals surface area contributed by atoms with Gasteiger partial charge in [-0.05, 0) is 36.4 Å². The van der Waals surface area contributed by atoms with Crippen molar-refractivity contribution in [2.24, 2.45) is 0 Å². The lowest BCUT2D eigenvalue weighted by Gasteiger charge is -2.13. The summed E-state index contributed by atoms with van der Waals surface area (Å²) in [6, 6.07) is 7.29. The molecule has 128 valence electrons. The van der Waals surface area contributed by atoms with Crippen LogP contribution in [0.25, 0.3) is 0 Å². The number of carbonyl (C=O) groups is 1. The van der Waals surface area contributed by atoms with Gasteiger partial charge in [0.1, 0.15) is 0 Å². The molecule has 0 aliphatic rings. The van der Waals surface area contributed by atoms with Gasteiger partial charge >= 0.3 is 12.1 Å². The third-order valence-electron chi connectivity index (χ3n) is 2.87. The number of anilines is 1. The molecule has 0 aliphatic heterocycles. The predicted molar refractivity (Wildman–Crippen MR) is 83.4 cm³/mol. The highest BCUT2D eigenvalue weighted by Gasteiger charge is 2.32. The fraction of sp³-hybridized carbons (Fsp3) is 0.0714. The molecule has 0 radical (unpaired) electrons. The average molecular weight is 424 g/mol. The molecule has 0 atom stereocenters. The minimum Gasteiger partial charge on any atom is -0.478 e. The third kappa shape index (κ3) is 4.26. The van der Waals surface area contributed by atoms with Crippen LogP contribution < -0.4 is 4.72 Å². The molecule has 24 heavy (non-hydrogen) atoms. The fourth-order valence-electron chi connectivity index (χ4n) is 1.82. The predicted octanol–water partition coefficient (Wildman–Crippen LogP) is 3.97. The molecule has 2 N–H and O–H groups in total. The first-order chi connectivity index (χ1) is 11.0. The van der Waals surface area contributed by atoms with Crippen molar-refractivity contribution < 1.29 is 31.5 Å². The van der Waals surface area contributed by atoms with Crippen LogP contribution in [0, 0.1) is 0 Å². The topological polar surface area (TPSA) is 83.5 Å². The monoisotopic (exact) mass is 423 g/mol. The van der Waals surface area contributed by atoms with E-state index in [0.717, 1.165) is 6.07 Å². The van der Waals surface area contributed by atoms with Gasteiger partial charge in [-0.2, -0.15) is 13.2 Å². The van der Waals surface area contributed by atoms with Crippen LogP contribution in [0.4, 0.5) is 18.9 Å². The SMILES string of the molecule is O=C(O)c1cc(NS(=O)(=O)c2cccc(Br)c2)cc(C(F)(F)F)c1. The zero-order valence-corrected chi connectivity index (χ0v) is 14.0. The van der Waals surface area contributed by atoms with Crippen LogP contribution in [0.5, 0.6) is 0 Å². The van der Waals surface area contributed by atoms with Crippen molar-refractivity contribution in [3.05, 3.63) is 58.1 Å². The van der Waals surface area contributed by atoms with E-state index in [1.54, 1.807) is 6.07 Å². The number of sulfonamides is 1. The van der Waals surface area contributed by atoms with Gasteiger partial charge in [0, 0.05) is 4.47 Å². The lowest BCUT2D eigenvalue weighted by molar-refractivity contribution is -0.137. The van der Waals surface area contributed by atoms with Gasteiger partial charge in [0.2, 0.25) is 0 Å². The highest BCUT2D eigenvalue weighted by Crippen LogP contribution is 2.32. The Bertz CT molecular complexity index is 897. The van der Waals surface area contributed by atoms with E-state index in [0.29, 0.717) is 16.6 Å². The number of hydrogen-bond donors (Lipinski definition) is 2. The molecule has 2 aromatic carbocycles. The van der Waals surface area contributed by atoms with E-state index in [1.807, 2.05) is 4.72 Å². The Kier molecular flexibility index (Phi) is 4.90. The quantitative estimate of drug-likeness (QED) is 0.779. The van der Waals surface area contributed by atoms with Crippen molar-refractivity contribution >= 4 is 37.6 Å². The molecule has 0 fully saturated rings. The maximum absolute atomic E-state index is 12.8. The number of halogens is 4. The van der Waals surface area contributed by atoms with Crippen molar-refractivity contribution in [2.45, 2.75) is 11.1 Å². The Morgan fingerprint density at radius 1 is 1.12 bits per heavy atom. The van der Waals surface area contributed by atoms with Gasteiger partial charge in [-0.25, -0.2) is 13.2 Å². The van der Waals surface area contributed by atoms with E-state index >= 15 is 0 Å². The van der Waals surface area contributed by atoms with Gasteiger partial charge in [0.15, 0.2) is 0 Å². The largest absolute Gasteiger partial charge is 0.478 e. The molecule has 0 saturated heterocycles. The third-order valence-corrected chi connectivity index (χ3v) is 4.74. The fourth-order valence-corrected chi connectivity index (χ4v) is 3.46. The first kappa shape index (κ1) is 18.3. The summed E-state index contributed by atoms with van der Waals surface area (Å²) in [4.78, 5) is 10.8. The van der Waals surface area contributed by atoms with E-state index in [4.69, 9.17) is 5.11 Å². The molecule has 10 heteroatoms. The highest BCUT2D eigenvalue weighted by atomic mass is 79.9. The second-order valence-corrected chi connectivity index (χ2v) is 7.26. The second kappa shape index (κ2) is 6.44. The van der Waals surface area contributed by atoms with Crippen molar-refractivity contribution in [1.29, 1.82) is 0 Å². The Balaban J connectivity index is 2.49. The van der Waals surface area contributed by atoms with Gasteiger partial charge < -0.3 is 5.11 Å². The van der Waals surface area contributed by atoms with Gasteiger partial charge in [-0.1, -0.05) is 22.0 Å². The van der Waals surface area contributed by atoms with E-state index in [1.165, 1.54) is 18.2 Å². The van der Waals surface area contributed by atoms with Crippen molar-refractivity contribution in [3.63, 3.8) is 0 Å². The summed E-state index contributed by atoms with van der Waals surface area (Å²) in [6.07, 6.45) is -4.82. The lowest BCUT2D eigenvalue weighted by atomic mass is 10.1. The Morgan fingerprint density at radius 2 is 1.79 bits per heavy atom. The molecular formula is C14H9BrF3NO4S. The summed E-state index contributed by atoms with van der Waals surface area (Å²) in [7, 11) is -4.18. The van der Waals surface area contributed by atoms with Gasteiger partial charge in [-0.3, -0.25) is 4.72 Å². The first-order valence-corrected chi connectivity index (χ1v) is 8.50. The van der Waals surface area contributed by atoms with E-state index in [-0.39, 0.29) is 4.90 Å². The van der Waals surface area contributed by atoms with Crippen molar-refractivity contribution in [3.8, 4) is 0 Å². The van der Waals surface area contributed by atoms with Crippen LogP contribution in [0.1, 0.15) is 15.9 Å². The Labute approximate surface area is 143 Å². The summed E-state index contributed by atoms with van der Waals surface area (Å²) in [5, 5.41) is 8.90. The van der Waals surface area contributed by atoms with Crippen LogP contribution >= 0.6 is 15.9 Å². The minimum atomic E-state index is -4.82. The maximum Gasteiger partial charge on any atom is 0.416 e.